The zero-order chi connectivity index (χ0) is 21.0. The molecule has 28 heavy (non-hydrogen) atoms. The summed E-state index contributed by atoms with van der Waals surface area (Å²) in [4.78, 5) is 37.2. The average molecular weight is 428 g/mol. The third kappa shape index (κ3) is 4.53. The molecule has 10 heteroatoms. The molecule has 0 atom stereocenters. The zero-order valence-electron chi connectivity index (χ0n) is 16.3. The lowest BCUT2D eigenvalue weighted by Gasteiger charge is -2.08. The number of ether oxygens (including phenoxy) is 2. The number of amides is 1. The smallest absolute Gasteiger partial charge is 0.348 e. The highest BCUT2D eigenvalue weighted by molar-refractivity contribution is 7.18. The topological polar surface area (TPSA) is 99.5 Å². The molecule has 0 fully saturated rings. The SMILES string of the molecule is CCCOC(=O)c1c(NC(=O)Cn2nc(C)c(Cl)c2C)sc(C(=O)OC)c1C. The lowest BCUT2D eigenvalue weighted by molar-refractivity contribution is -0.116. The van der Waals surface area contributed by atoms with Crippen molar-refractivity contribution in [1.29, 1.82) is 0 Å². The zero-order valence-corrected chi connectivity index (χ0v) is 17.9. The van der Waals surface area contributed by atoms with Crippen LogP contribution < -0.4 is 5.32 Å². The molecule has 2 aromatic heterocycles. The molecule has 0 aliphatic heterocycles. The van der Waals surface area contributed by atoms with Gasteiger partial charge < -0.3 is 14.8 Å². The molecule has 0 unspecified atom stereocenters. The number of thiophene rings is 1. The molecule has 2 aromatic rings. The van der Waals surface area contributed by atoms with Crippen LogP contribution in [0.1, 0.15) is 50.3 Å². The maximum Gasteiger partial charge on any atom is 0.348 e. The molecule has 8 nitrogen and oxygen atoms in total. The monoisotopic (exact) mass is 427 g/mol. The van der Waals surface area contributed by atoms with E-state index in [9.17, 15) is 14.4 Å². The second kappa shape index (κ2) is 9.20. The molecule has 152 valence electrons. The third-order valence-electron chi connectivity index (χ3n) is 4.00. The van der Waals surface area contributed by atoms with Crippen molar-refractivity contribution in [1.82, 2.24) is 9.78 Å². The number of methoxy groups -OCH3 is 1. The average Bonchev–Trinajstić information content (AvgIpc) is 3.10. The van der Waals surface area contributed by atoms with Crippen LogP contribution in [0.15, 0.2) is 0 Å². The summed E-state index contributed by atoms with van der Waals surface area (Å²) >= 11 is 7.08. The summed E-state index contributed by atoms with van der Waals surface area (Å²) in [5.74, 6) is -1.60. The summed E-state index contributed by atoms with van der Waals surface area (Å²) < 4.78 is 11.4. The van der Waals surface area contributed by atoms with E-state index in [0.717, 1.165) is 11.3 Å². The highest BCUT2D eigenvalue weighted by Gasteiger charge is 2.27. The first-order chi connectivity index (χ1) is 13.2. The van der Waals surface area contributed by atoms with Gasteiger partial charge in [-0.1, -0.05) is 18.5 Å². The molecular weight excluding hydrogens is 406 g/mol. The van der Waals surface area contributed by atoms with Crippen molar-refractivity contribution >= 4 is 45.8 Å². The van der Waals surface area contributed by atoms with Crippen LogP contribution in [-0.2, 0) is 20.8 Å². The fourth-order valence-electron chi connectivity index (χ4n) is 2.53. The quantitative estimate of drug-likeness (QED) is 0.678. The van der Waals surface area contributed by atoms with Gasteiger partial charge in [-0.05, 0) is 32.8 Å². The molecule has 1 N–H and O–H groups in total. The van der Waals surface area contributed by atoms with E-state index in [0.29, 0.717) is 28.4 Å². The minimum absolute atomic E-state index is 0.0899. The minimum Gasteiger partial charge on any atom is -0.465 e. The van der Waals surface area contributed by atoms with Gasteiger partial charge in [-0.25, -0.2) is 9.59 Å². The van der Waals surface area contributed by atoms with Crippen LogP contribution in [-0.4, -0.2) is 41.3 Å². The van der Waals surface area contributed by atoms with Crippen LogP contribution in [0.2, 0.25) is 5.02 Å². The summed E-state index contributed by atoms with van der Waals surface area (Å²) in [7, 11) is 1.25. The van der Waals surface area contributed by atoms with E-state index >= 15 is 0 Å². The van der Waals surface area contributed by atoms with E-state index < -0.39 is 17.8 Å². The molecule has 0 aromatic carbocycles. The second-order valence-corrected chi connectivity index (χ2v) is 7.48. The molecule has 0 bridgehead atoms. The Kier molecular flexibility index (Phi) is 7.20. The number of halogens is 1. The van der Waals surface area contributed by atoms with Gasteiger partial charge in [-0.3, -0.25) is 9.48 Å². The molecule has 2 heterocycles. The van der Waals surface area contributed by atoms with Gasteiger partial charge in [0.05, 0.1) is 35.7 Å². The van der Waals surface area contributed by atoms with E-state index in [1.165, 1.54) is 11.8 Å². The van der Waals surface area contributed by atoms with E-state index in [1.807, 2.05) is 6.92 Å². The number of esters is 2. The summed E-state index contributed by atoms with van der Waals surface area (Å²) in [5, 5.41) is 7.62. The molecule has 2 rings (SSSR count). The highest BCUT2D eigenvalue weighted by Crippen LogP contribution is 2.34. The Bertz CT molecular complexity index is 919. The summed E-state index contributed by atoms with van der Waals surface area (Å²) in [6, 6.07) is 0. The van der Waals surface area contributed by atoms with E-state index in [-0.39, 0.29) is 28.6 Å². The molecule has 0 aliphatic carbocycles. The van der Waals surface area contributed by atoms with Crippen LogP contribution in [0.4, 0.5) is 5.00 Å². The van der Waals surface area contributed by atoms with Gasteiger partial charge in [0.1, 0.15) is 16.4 Å². The van der Waals surface area contributed by atoms with Gasteiger partial charge in [0.2, 0.25) is 5.91 Å². The van der Waals surface area contributed by atoms with Gasteiger partial charge in [0.25, 0.3) is 0 Å². The van der Waals surface area contributed by atoms with Crippen molar-refractivity contribution in [3.63, 3.8) is 0 Å². The van der Waals surface area contributed by atoms with Crippen molar-refractivity contribution in [2.75, 3.05) is 19.0 Å². The number of aryl methyl sites for hydroxylation is 1. The molecule has 0 aliphatic rings. The largest absolute Gasteiger partial charge is 0.465 e. The van der Waals surface area contributed by atoms with Gasteiger partial charge in [0.15, 0.2) is 0 Å². The Morgan fingerprint density at radius 1 is 1.21 bits per heavy atom. The molecule has 1 amide bonds. The third-order valence-corrected chi connectivity index (χ3v) is 5.73. The second-order valence-electron chi connectivity index (χ2n) is 6.08. The first kappa shape index (κ1) is 21.9. The van der Waals surface area contributed by atoms with Crippen LogP contribution in [0.3, 0.4) is 0 Å². The van der Waals surface area contributed by atoms with E-state index in [2.05, 4.69) is 10.4 Å². The van der Waals surface area contributed by atoms with E-state index in [4.69, 9.17) is 21.1 Å². The van der Waals surface area contributed by atoms with Crippen molar-refractivity contribution in [3.8, 4) is 0 Å². The molecule has 0 saturated heterocycles. The highest BCUT2D eigenvalue weighted by atomic mass is 35.5. The number of nitrogens with zero attached hydrogens (tertiary/aromatic N) is 2. The van der Waals surface area contributed by atoms with Crippen molar-refractivity contribution in [3.05, 3.63) is 32.4 Å². The number of rotatable bonds is 7. The van der Waals surface area contributed by atoms with Crippen molar-refractivity contribution in [2.45, 2.75) is 40.7 Å². The maximum atomic E-state index is 12.5. The molecule has 0 spiro atoms. The Morgan fingerprint density at radius 2 is 1.89 bits per heavy atom. The first-order valence-electron chi connectivity index (χ1n) is 8.59. The standard InChI is InChI=1S/C18H22ClN3O5S/c1-6-7-27-17(24)13-9(2)15(18(25)26-5)28-16(13)20-12(23)8-22-11(4)14(19)10(3)21-22/h6-8H2,1-5H3,(H,20,23). The summed E-state index contributed by atoms with van der Waals surface area (Å²) in [5.41, 5.74) is 1.84. The van der Waals surface area contributed by atoms with Crippen molar-refractivity contribution in [2.24, 2.45) is 0 Å². The lowest BCUT2D eigenvalue weighted by Crippen LogP contribution is -2.21. The molecule has 0 saturated carbocycles. The Labute approximate surface area is 171 Å². The number of anilines is 1. The normalized spacial score (nSPS) is 10.6. The van der Waals surface area contributed by atoms with Crippen LogP contribution >= 0.6 is 22.9 Å². The predicted molar refractivity (Wildman–Crippen MR) is 106 cm³/mol. The number of aromatic nitrogens is 2. The van der Waals surface area contributed by atoms with Crippen molar-refractivity contribution < 1.29 is 23.9 Å². The van der Waals surface area contributed by atoms with Gasteiger partial charge in [0, 0.05) is 0 Å². The minimum atomic E-state index is -0.602. The fraction of sp³-hybridized carbons (Fsp3) is 0.444. The lowest BCUT2D eigenvalue weighted by atomic mass is 10.1. The van der Waals surface area contributed by atoms with Crippen LogP contribution in [0.5, 0.6) is 0 Å². The van der Waals surface area contributed by atoms with E-state index in [1.54, 1.807) is 20.8 Å². The first-order valence-corrected chi connectivity index (χ1v) is 9.78. The van der Waals surface area contributed by atoms with Crippen LogP contribution in [0, 0.1) is 20.8 Å². The summed E-state index contributed by atoms with van der Waals surface area (Å²) in [6.07, 6.45) is 0.652. The number of hydrogen-bond donors (Lipinski definition) is 1. The van der Waals surface area contributed by atoms with Crippen LogP contribution in [0.25, 0.3) is 0 Å². The summed E-state index contributed by atoms with van der Waals surface area (Å²) in [6.45, 7) is 7.13. The maximum absolute atomic E-state index is 12.5. The molecular formula is C18H22ClN3O5S. The Hall–Kier alpha value is -2.39. The Balaban J connectivity index is 2.31. The number of nitrogens with one attached hydrogen (secondary N) is 1. The van der Waals surface area contributed by atoms with Gasteiger partial charge in [-0.2, -0.15) is 5.10 Å². The molecule has 0 radical (unpaired) electrons. The predicted octanol–water partition coefficient (Wildman–Crippen LogP) is 3.52. The van der Waals surface area contributed by atoms with Gasteiger partial charge in [-0.15, -0.1) is 11.3 Å². The van der Waals surface area contributed by atoms with Gasteiger partial charge >= 0.3 is 11.9 Å². The fourth-order valence-corrected chi connectivity index (χ4v) is 3.80. The Morgan fingerprint density at radius 3 is 2.43 bits per heavy atom. The number of carbonyl (C=O) groups excluding carboxylic acids is 3. The number of carbonyl (C=O) groups is 3. The number of hydrogen-bond acceptors (Lipinski definition) is 7.